The molecule has 11 nitrogen and oxygen atoms in total. The quantitative estimate of drug-likeness (QED) is 0.246. The summed E-state index contributed by atoms with van der Waals surface area (Å²) in [6, 6.07) is 17.1. The van der Waals surface area contributed by atoms with Crippen LogP contribution in [0.25, 0.3) is 0 Å². The molecule has 0 spiro atoms. The molecule has 0 unspecified atom stereocenters. The molecule has 2 fully saturated rings. The van der Waals surface area contributed by atoms with Crippen molar-refractivity contribution in [1.29, 1.82) is 0 Å². The molecule has 2 aliphatic rings. The molecular weight excluding hydrogens is 494 g/mol. The average molecular weight is 520 g/mol. The van der Waals surface area contributed by atoms with Crippen molar-refractivity contribution in [2.24, 2.45) is 5.92 Å². The van der Waals surface area contributed by atoms with Crippen LogP contribution in [0.4, 0.5) is 17.1 Å². The fourth-order valence-electron chi connectivity index (χ4n) is 4.92. The first kappa shape index (κ1) is 25.0. The highest BCUT2D eigenvalue weighted by Crippen LogP contribution is 2.51. The van der Waals surface area contributed by atoms with Crippen LogP contribution in [0.5, 0.6) is 17.2 Å². The van der Waals surface area contributed by atoms with E-state index in [1.54, 1.807) is 54.6 Å². The van der Waals surface area contributed by atoms with Gasteiger partial charge in [0.15, 0.2) is 17.6 Å². The Morgan fingerprint density at radius 1 is 0.921 bits per heavy atom. The number of fused-ring (bicyclic) bond motifs is 1. The predicted molar refractivity (Wildman–Crippen MR) is 136 cm³/mol. The van der Waals surface area contributed by atoms with Crippen molar-refractivity contribution in [1.82, 2.24) is 0 Å². The summed E-state index contributed by atoms with van der Waals surface area (Å²) < 4.78 is 16.1. The van der Waals surface area contributed by atoms with Crippen LogP contribution >= 0.6 is 0 Å². The van der Waals surface area contributed by atoms with Crippen molar-refractivity contribution in [3.05, 3.63) is 82.4 Å². The predicted octanol–water partition coefficient (Wildman–Crippen LogP) is 4.06. The molecule has 196 valence electrons. The molecule has 5 rings (SSSR count). The van der Waals surface area contributed by atoms with Crippen LogP contribution in [0, 0.1) is 16.0 Å². The Balaban J connectivity index is 1.63. The number of imide groups is 1. The third-order valence-electron chi connectivity index (χ3n) is 6.58. The molecular formula is C27H25N3O8. The van der Waals surface area contributed by atoms with E-state index in [1.807, 2.05) is 6.92 Å². The summed E-state index contributed by atoms with van der Waals surface area (Å²) >= 11 is 0. The Labute approximate surface area is 218 Å². The number of methoxy groups -OCH3 is 2. The van der Waals surface area contributed by atoms with Gasteiger partial charge in [-0.05, 0) is 49.4 Å². The van der Waals surface area contributed by atoms with E-state index in [0.29, 0.717) is 23.7 Å². The van der Waals surface area contributed by atoms with Crippen molar-refractivity contribution in [2.45, 2.75) is 19.1 Å². The third-order valence-corrected chi connectivity index (χ3v) is 6.58. The molecule has 38 heavy (non-hydrogen) atoms. The van der Waals surface area contributed by atoms with Gasteiger partial charge in [0.2, 0.25) is 5.91 Å². The molecule has 0 bridgehead atoms. The van der Waals surface area contributed by atoms with Crippen LogP contribution in [0.15, 0.2) is 66.7 Å². The molecule has 3 aromatic rings. The van der Waals surface area contributed by atoms with E-state index in [0.717, 1.165) is 4.90 Å². The van der Waals surface area contributed by atoms with Crippen molar-refractivity contribution in [3.8, 4) is 17.2 Å². The summed E-state index contributed by atoms with van der Waals surface area (Å²) in [5.41, 5.74) is 0.744. The van der Waals surface area contributed by atoms with Crippen LogP contribution in [-0.2, 0) is 14.4 Å². The van der Waals surface area contributed by atoms with Crippen molar-refractivity contribution < 1.29 is 33.6 Å². The number of nitro groups is 1. The van der Waals surface area contributed by atoms with Gasteiger partial charge in [0.1, 0.15) is 17.7 Å². The first-order chi connectivity index (χ1) is 18.4. The van der Waals surface area contributed by atoms with Gasteiger partial charge in [-0.2, -0.15) is 0 Å². The maximum absolute atomic E-state index is 13.9. The summed E-state index contributed by atoms with van der Waals surface area (Å²) in [5.74, 6) is -1.15. The van der Waals surface area contributed by atoms with Crippen LogP contribution in [-0.4, -0.2) is 43.7 Å². The number of nitrogens with zero attached hydrogens (tertiary/aromatic N) is 3. The molecule has 0 saturated carbocycles. The zero-order valence-corrected chi connectivity index (χ0v) is 20.9. The Kier molecular flexibility index (Phi) is 6.60. The smallest absolute Gasteiger partial charge is 0.278 e. The number of benzene rings is 3. The summed E-state index contributed by atoms with van der Waals surface area (Å²) in [4.78, 5) is 46.2. The lowest BCUT2D eigenvalue weighted by atomic mass is 9.89. The van der Waals surface area contributed by atoms with Crippen LogP contribution in [0.1, 0.15) is 18.5 Å². The van der Waals surface area contributed by atoms with Gasteiger partial charge < -0.3 is 14.2 Å². The highest BCUT2D eigenvalue weighted by molar-refractivity contribution is 6.24. The van der Waals surface area contributed by atoms with Crippen molar-refractivity contribution >= 4 is 28.9 Å². The number of carbonyl (C=O) groups excluding carboxylic acids is 2. The van der Waals surface area contributed by atoms with E-state index < -0.39 is 34.8 Å². The van der Waals surface area contributed by atoms with Crippen LogP contribution < -0.4 is 24.2 Å². The van der Waals surface area contributed by atoms with E-state index in [2.05, 4.69) is 0 Å². The molecule has 0 radical (unpaired) electrons. The van der Waals surface area contributed by atoms with Gasteiger partial charge in [0.25, 0.3) is 11.6 Å². The number of hydrogen-bond donors (Lipinski definition) is 0. The van der Waals surface area contributed by atoms with E-state index in [1.165, 1.54) is 31.4 Å². The number of hydroxylamine groups is 1. The zero-order valence-electron chi connectivity index (χ0n) is 20.9. The molecule has 0 aromatic heterocycles. The fraction of sp³-hybridized carbons (Fsp3) is 0.259. The topological polar surface area (TPSA) is 121 Å². The minimum Gasteiger partial charge on any atom is -0.494 e. The zero-order chi connectivity index (χ0) is 27.0. The monoisotopic (exact) mass is 519 g/mol. The van der Waals surface area contributed by atoms with Gasteiger partial charge in [0.05, 0.1) is 48.8 Å². The summed E-state index contributed by atoms with van der Waals surface area (Å²) in [6.45, 7) is 2.33. The molecule has 2 saturated heterocycles. The first-order valence-electron chi connectivity index (χ1n) is 11.9. The van der Waals surface area contributed by atoms with Gasteiger partial charge in [-0.15, -0.1) is 0 Å². The molecule has 0 N–H and O–H groups in total. The SMILES string of the molecule is CCOc1ccc(N2C(=O)[C@H]3[C@@H](ON(c4ccccc4)[C@H]3c3cc(OC)c(OC)cc3[N+](=O)[O-])C2=O)cc1. The van der Waals surface area contributed by atoms with Crippen molar-refractivity contribution in [2.75, 3.05) is 30.8 Å². The number of hydrogen-bond acceptors (Lipinski definition) is 9. The second-order valence-electron chi connectivity index (χ2n) is 8.62. The van der Waals surface area contributed by atoms with E-state index >= 15 is 0 Å². The van der Waals surface area contributed by atoms with Gasteiger partial charge in [-0.1, -0.05) is 18.2 Å². The third kappa shape index (κ3) is 4.06. The van der Waals surface area contributed by atoms with Crippen molar-refractivity contribution in [3.63, 3.8) is 0 Å². The van der Waals surface area contributed by atoms with E-state index in [9.17, 15) is 19.7 Å². The number of amides is 2. The number of anilines is 2. The fourth-order valence-corrected chi connectivity index (χ4v) is 4.92. The Morgan fingerprint density at radius 2 is 1.58 bits per heavy atom. The van der Waals surface area contributed by atoms with Gasteiger partial charge in [0, 0.05) is 0 Å². The lowest BCUT2D eigenvalue weighted by molar-refractivity contribution is -0.385. The minimum atomic E-state index is -1.19. The van der Waals surface area contributed by atoms with Gasteiger partial charge >= 0.3 is 0 Å². The molecule has 2 amide bonds. The lowest BCUT2D eigenvalue weighted by Gasteiger charge is -2.29. The second kappa shape index (κ2) is 10.0. The molecule has 0 aliphatic carbocycles. The van der Waals surface area contributed by atoms with Gasteiger partial charge in [-0.3, -0.25) is 24.5 Å². The second-order valence-corrected chi connectivity index (χ2v) is 8.62. The summed E-state index contributed by atoms with van der Waals surface area (Å²) in [6.07, 6.45) is -1.19. The minimum absolute atomic E-state index is 0.152. The average Bonchev–Trinajstić information content (AvgIpc) is 3.44. The molecule has 3 aromatic carbocycles. The maximum Gasteiger partial charge on any atom is 0.278 e. The van der Waals surface area contributed by atoms with Crippen LogP contribution in [0.3, 0.4) is 0 Å². The highest BCUT2D eigenvalue weighted by atomic mass is 16.7. The summed E-state index contributed by atoms with van der Waals surface area (Å²) in [5, 5.41) is 13.6. The number of para-hydroxylation sites is 1. The standard InChI is InChI=1S/C27H25N3O8/c1-4-37-18-12-10-16(11-13-18)28-26(31)23-24(19-14-21(35-2)22(36-3)15-20(19)30(33)34)29(38-25(23)27(28)32)17-8-6-5-7-9-17/h5-15,23-25H,4H2,1-3H3/t23-,24+,25-/m1/s1. The van der Waals surface area contributed by atoms with E-state index in [4.69, 9.17) is 19.0 Å². The summed E-state index contributed by atoms with van der Waals surface area (Å²) in [7, 11) is 2.79. The van der Waals surface area contributed by atoms with Crippen LogP contribution in [0.2, 0.25) is 0 Å². The first-order valence-corrected chi connectivity index (χ1v) is 11.9. The lowest BCUT2D eigenvalue weighted by Crippen LogP contribution is -2.37. The normalized spacial score (nSPS) is 20.4. The molecule has 2 heterocycles. The number of nitro benzene ring substituents is 1. The largest absolute Gasteiger partial charge is 0.494 e. The molecule has 2 aliphatic heterocycles. The number of rotatable bonds is 8. The highest BCUT2D eigenvalue weighted by Gasteiger charge is 2.61. The number of carbonyl (C=O) groups is 2. The number of ether oxygens (including phenoxy) is 3. The Morgan fingerprint density at radius 3 is 2.18 bits per heavy atom. The Hall–Kier alpha value is -4.64. The Bertz CT molecular complexity index is 1380. The van der Waals surface area contributed by atoms with E-state index in [-0.39, 0.29) is 22.7 Å². The molecule has 3 atom stereocenters. The molecule has 11 heteroatoms. The van der Waals surface area contributed by atoms with Gasteiger partial charge in [-0.25, -0.2) is 9.96 Å². The maximum atomic E-state index is 13.9.